The third-order valence-corrected chi connectivity index (χ3v) is 2.43. The van der Waals surface area contributed by atoms with Gasteiger partial charge in [0.25, 0.3) is 0 Å². The van der Waals surface area contributed by atoms with Crippen LogP contribution in [0.4, 0.5) is 0 Å². The van der Waals surface area contributed by atoms with Crippen LogP contribution in [-0.2, 0) is 4.79 Å². The largest absolute Gasteiger partial charge is 0.299 e. The van der Waals surface area contributed by atoms with Gasteiger partial charge in [-0.1, -0.05) is 26.7 Å². The summed E-state index contributed by atoms with van der Waals surface area (Å²) in [5.41, 5.74) is 0. The van der Waals surface area contributed by atoms with Gasteiger partial charge in [-0.3, -0.25) is 4.79 Å². The Morgan fingerprint density at radius 2 is 2.30 bits per heavy atom. The molecule has 2 atom stereocenters. The highest BCUT2D eigenvalue weighted by molar-refractivity contribution is 5.88. The predicted molar refractivity (Wildman–Crippen MR) is 41.8 cm³/mol. The van der Waals surface area contributed by atoms with E-state index in [2.05, 4.69) is 6.92 Å². The fourth-order valence-corrected chi connectivity index (χ4v) is 1.61. The van der Waals surface area contributed by atoms with E-state index >= 15 is 0 Å². The molecule has 0 saturated heterocycles. The SMILES string of the molecule is CCCCC1CC(C)C1=O. The Kier molecular flexibility index (Phi) is 2.47. The quantitative estimate of drug-likeness (QED) is 0.588. The van der Waals surface area contributed by atoms with Crippen molar-refractivity contribution < 1.29 is 4.79 Å². The van der Waals surface area contributed by atoms with E-state index in [-0.39, 0.29) is 0 Å². The minimum Gasteiger partial charge on any atom is -0.299 e. The van der Waals surface area contributed by atoms with E-state index in [1.54, 1.807) is 0 Å². The number of hydrogen-bond donors (Lipinski definition) is 0. The Balaban J connectivity index is 2.15. The Bertz CT molecular complexity index is 129. The average Bonchev–Trinajstić information content (AvgIpc) is 1.97. The second-order valence-electron chi connectivity index (χ2n) is 3.38. The molecule has 1 heteroatoms. The minimum atomic E-state index is 0.377. The first kappa shape index (κ1) is 7.77. The van der Waals surface area contributed by atoms with Crippen molar-refractivity contribution >= 4 is 5.78 Å². The van der Waals surface area contributed by atoms with Crippen molar-refractivity contribution in [1.29, 1.82) is 0 Å². The van der Waals surface area contributed by atoms with Crippen LogP contribution in [0.2, 0.25) is 0 Å². The van der Waals surface area contributed by atoms with Crippen molar-refractivity contribution in [3.05, 3.63) is 0 Å². The molecule has 0 aromatic heterocycles. The molecule has 0 N–H and O–H groups in total. The van der Waals surface area contributed by atoms with E-state index < -0.39 is 0 Å². The number of ketones is 1. The van der Waals surface area contributed by atoms with Crippen LogP contribution in [0.5, 0.6) is 0 Å². The van der Waals surface area contributed by atoms with Gasteiger partial charge in [-0.15, -0.1) is 0 Å². The predicted octanol–water partition coefficient (Wildman–Crippen LogP) is 2.40. The molecule has 0 aliphatic heterocycles. The van der Waals surface area contributed by atoms with E-state index in [1.807, 2.05) is 6.92 Å². The summed E-state index contributed by atoms with van der Waals surface area (Å²) in [5.74, 6) is 1.32. The van der Waals surface area contributed by atoms with Crippen LogP contribution >= 0.6 is 0 Å². The van der Waals surface area contributed by atoms with E-state index in [0.29, 0.717) is 17.6 Å². The van der Waals surface area contributed by atoms with Crippen LogP contribution in [0.15, 0.2) is 0 Å². The molecule has 0 aromatic rings. The Labute approximate surface area is 62.8 Å². The summed E-state index contributed by atoms with van der Waals surface area (Å²) in [7, 11) is 0. The maximum atomic E-state index is 11.1. The molecule has 1 rings (SSSR count). The molecule has 2 unspecified atom stereocenters. The summed E-state index contributed by atoms with van der Waals surface area (Å²) in [6.07, 6.45) is 4.74. The Hall–Kier alpha value is -0.330. The van der Waals surface area contributed by atoms with Crippen molar-refractivity contribution in [2.45, 2.75) is 39.5 Å². The highest BCUT2D eigenvalue weighted by Crippen LogP contribution is 2.32. The third-order valence-electron chi connectivity index (χ3n) is 2.43. The molecule has 1 aliphatic rings. The Morgan fingerprint density at radius 3 is 2.70 bits per heavy atom. The molecule has 0 radical (unpaired) electrons. The van der Waals surface area contributed by atoms with Gasteiger partial charge in [-0.25, -0.2) is 0 Å². The van der Waals surface area contributed by atoms with Crippen LogP contribution in [0, 0.1) is 11.8 Å². The van der Waals surface area contributed by atoms with Crippen LogP contribution in [0.3, 0.4) is 0 Å². The molecule has 0 amide bonds. The van der Waals surface area contributed by atoms with Gasteiger partial charge in [-0.2, -0.15) is 0 Å². The fourth-order valence-electron chi connectivity index (χ4n) is 1.61. The van der Waals surface area contributed by atoms with Crippen molar-refractivity contribution in [2.24, 2.45) is 11.8 Å². The average molecular weight is 140 g/mol. The van der Waals surface area contributed by atoms with E-state index in [1.165, 1.54) is 12.8 Å². The van der Waals surface area contributed by atoms with Gasteiger partial charge < -0.3 is 0 Å². The maximum absolute atomic E-state index is 11.1. The topological polar surface area (TPSA) is 17.1 Å². The molecule has 0 spiro atoms. The maximum Gasteiger partial charge on any atom is 0.138 e. The molecule has 1 aliphatic carbocycles. The van der Waals surface area contributed by atoms with Crippen molar-refractivity contribution in [3.8, 4) is 0 Å². The zero-order valence-electron chi connectivity index (χ0n) is 6.89. The second kappa shape index (κ2) is 3.18. The highest BCUT2D eigenvalue weighted by Gasteiger charge is 2.34. The molecular weight excluding hydrogens is 124 g/mol. The van der Waals surface area contributed by atoms with Crippen LogP contribution in [0.25, 0.3) is 0 Å². The number of unbranched alkanes of at least 4 members (excludes halogenated alkanes) is 1. The van der Waals surface area contributed by atoms with Gasteiger partial charge in [0.05, 0.1) is 0 Å². The second-order valence-corrected chi connectivity index (χ2v) is 3.38. The van der Waals surface area contributed by atoms with Crippen molar-refractivity contribution in [2.75, 3.05) is 0 Å². The number of carbonyl (C=O) groups is 1. The summed E-state index contributed by atoms with van der Waals surface area (Å²) in [6, 6.07) is 0. The minimum absolute atomic E-state index is 0.377. The van der Waals surface area contributed by atoms with Gasteiger partial charge in [0.2, 0.25) is 0 Å². The normalized spacial score (nSPS) is 32.0. The first-order valence-electron chi connectivity index (χ1n) is 4.29. The summed E-state index contributed by atoms with van der Waals surface area (Å²) in [6.45, 7) is 4.21. The number of carbonyl (C=O) groups excluding carboxylic acids is 1. The zero-order valence-corrected chi connectivity index (χ0v) is 6.89. The molecule has 0 aromatic carbocycles. The Morgan fingerprint density at radius 1 is 1.60 bits per heavy atom. The zero-order chi connectivity index (χ0) is 7.56. The smallest absolute Gasteiger partial charge is 0.138 e. The number of Topliss-reactive ketones (excluding diaryl/α,β-unsaturated/α-hetero) is 1. The lowest BCUT2D eigenvalue weighted by atomic mass is 9.72. The van der Waals surface area contributed by atoms with Crippen molar-refractivity contribution in [3.63, 3.8) is 0 Å². The molecule has 1 nitrogen and oxygen atoms in total. The fraction of sp³-hybridized carbons (Fsp3) is 0.889. The van der Waals surface area contributed by atoms with Gasteiger partial charge in [0, 0.05) is 11.8 Å². The number of hydrogen-bond acceptors (Lipinski definition) is 1. The highest BCUT2D eigenvalue weighted by atomic mass is 16.1. The standard InChI is InChI=1S/C9H16O/c1-3-4-5-8-6-7(2)9(8)10/h7-8H,3-6H2,1-2H3. The van der Waals surface area contributed by atoms with Crippen LogP contribution < -0.4 is 0 Å². The van der Waals surface area contributed by atoms with Gasteiger partial charge in [-0.05, 0) is 12.8 Å². The van der Waals surface area contributed by atoms with E-state index in [4.69, 9.17) is 0 Å². The summed E-state index contributed by atoms with van der Waals surface area (Å²) in [5, 5.41) is 0. The molecule has 0 bridgehead atoms. The molecule has 1 fully saturated rings. The summed E-state index contributed by atoms with van der Waals surface area (Å²) < 4.78 is 0. The summed E-state index contributed by atoms with van der Waals surface area (Å²) >= 11 is 0. The lowest BCUT2D eigenvalue weighted by molar-refractivity contribution is -0.135. The molecule has 1 saturated carbocycles. The van der Waals surface area contributed by atoms with Crippen LogP contribution in [-0.4, -0.2) is 5.78 Å². The van der Waals surface area contributed by atoms with Crippen LogP contribution in [0.1, 0.15) is 39.5 Å². The first-order chi connectivity index (χ1) is 4.75. The monoisotopic (exact) mass is 140 g/mol. The first-order valence-corrected chi connectivity index (χ1v) is 4.29. The third kappa shape index (κ3) is 1.39. The van der Waals surface area contributed by atoms with E-state index in [0.717, 1.165) is 12.8 Å². The molecule has 0 heterocycles. The van der Waals surface area contributed by atoms with E-state index in [9.17, 15) is 4.79 Å². The lowest BCUT2D eigenvalue weighted by Crippen LogP contribution is -2.34. The molecule has 58 valence electrons. The van der Waals surface area contributed by atoms with Crippen molar-refractivity contribution in [1.82, 2.24) is 0 Å². The van der Waals surface area contributed by atoms with Gasteiger partial charge in [0.15, 0.2) is 0 Å². The summed E-state index contributed by atoms with van der Waals surface area (Å²) in [4.78, 5) is 11.1. The molecular formula is C9H16O. The van der Waals surface area contributed by atoms with Gasteiger partial charge >= 0.3 is 0 Å². The lowest BCUT2D eigenvalue weighted by Gasteiger charge is -2.30. The molecule has 10 heavy (non-hydrogen) atoms. The van der Waals surface area contributed by atoms with Gasteiger partial charge in [0.1, 0.15) is 5.78 Å². The number of rotatable bonds is 3.